The zero-order valence-electron chi connectivity index (χ0n) is 12.6. The Morgan fingerprint density at radius 1 is 1.36 bits per heavy atom. The number of nitrogens with zero attached hydrogens (tertiary/aromatic N) is 2. The summed E-state index contributed by atoms with van der Waals surface area (Å²) in [4.78, 5) is 21.5. The SMILES string of the molecule is Cc1nc2cc([C@@H]3OC(CO)=C(O)C3O)c(=O)[nH]c2nc1C(F)(F)F. The second-order valence-electron chi connectivity index (χ2n) is 5.39. The van der Waals surface area contributed by atoms with E-state index in [4.69, 9.17) is 9.84 Å². The number of aromatic amines is 1. The molecule has 11 heteroatoms. The van der Waals surface area contributed by atoms with Crippen molar-refractivity contribution in [3.63, 3.8) is 0 Å². The van der Waals surface area contributed by atoms with Gasteiger partial charge in [-0.2, -0.15) is 13.2 Å². The summed E-state index contributed by atoms with van der Waals surface area (Å²) in [6.07, 6.45) is -7.67. The van der Waals surface area contributed by atoms with Gasteiger partial charge in [-0.25, -0.2) is 9.97 Å². The Morgan fingerprint density at radius 3 is 2.60 bits per heavy atom. The van der Waals surface area contributed by atoms with Crippen LogP contribution in [0.1, 0.15) is 23.1 Å². The van der Waals surface area contributed by atoms with Crippen molar-refractivity contribution in [2.24, 2.45) is 0 Å². The average molecular weight is 359 g/mol. The van der Waals surface area contributed by atoms with Crippen LogP contribution in [0.2, 0.25) is 0 Å². The third-order valence-corrected chi connectivity index (χ3v) is 3.72. The summed E-state index contributed by atoms with van der Waals surface area (Å²) in [5.41, 5.74) is -3.07. The maximum Gasteiger partial charge on any atom is 0.435 e. The largest absolute Gasteiger partial charge is 0.506 e. The molecule has 0 saturated carbocycles. The molecule has 0 spiro atoms. The van der Waals surface area contributed by atoms with Gasteiger partial charge >= 0.3 is 6.18 Å². The number of pyridine rings is 1. The number of H-pyrrole nitrogens is 1. The summed E-state index contributed by atoms with van der Waals surface area (Å²) in [6.45, 7) is 0.428. The van der Waals surface area contributed by atoms with Gasteiger partial charge in [-0.1, -0.05) is 0 Å². The molecule has 3 rings (SSSR count). The van der Waals surface area contributed by atoms with Gasteiger partial charge in [-0.3, -0.25) is 4.79 Å². The molecule has 2 atom stereocenters. The molecule has 0 aromatic carbocycles. The fourth-order valence-electron chi connectivity index (χ4n) is 2.54. The molecule has 2 aromatic heterocycles. The van der Waals surface area contributed by atoms with Crippen molar-refractivity contribution >= 4 is 11.2 Å². The minimum atomic E-state index is -4.72. The molecule has 0 bridgehead atoms. The lowest BCUT2D eigenvalue weighted by atomic mass is 10.1. The van der Waals surface area contributed by atoms with E-state index in [2.05, 4.69) is 15.0 Å². The van der Waals surface area contributed by atoms with E-state index in [1.165, 1.54) is 0 Å². The van der Waals surface area contributed by atoms with Gasteiger partial charge in [0, 0.05) is 0 Å². The summed E-state index contributed by atoms with van der Waals surface area (Å²) in [6, 6.07) is 1.12. The first-order valence-electron chi connectivity index (χ1n) is 6.99. The lowest BCUT2D eigenvalue weighted by molar-refractivity contribution is -0.141. The number of rotatable bonds is 2. The lowest BCUT2D eigenvalue weighted by Gasteiger charge is -2.16. The number of alkyl halides is 3. The Kier molecular flexibility index (Phi) is 3.92. The molecule has 8 nitrogen and oxygen atoms in total. The van der Waals surface area contributed by atoms with E-state index < -0.39 is 42.0 Å². The first kappa shape index (κ1) is 17.2. The van der Waals surface area contributed by atoms with E-state index in [-0.39, 0.29) is 28.2 Å². The number of hydrogen-bond donors (Lipinski definition) is 4. The minimum absolute atomic E-state index is 0.0483. The number of aryl methyl sites for hydroxylation is 1. The predicted molar refractivity (Wildman–Crippen MR) is 76.5 cm³/mol. The summed E-state index contributed by atoms with van der Waals surface area (Å²) in [7, 11) is 0. The molecule has 4 N–H and O–H groups in total. The summed E-state index contributed by atoms with van der Waals surface area (Å²) in [5, 5.41) is 28.6. The number of hydrogen-bond acceptors (Lipinski definition) is 7. The molecular formula is C14H12F3N3O5. The van der Waals surface area contributed by atoms with Gasteiger partial charge in [-0.05, 0) is 13.0 Å². The van der Waals surface area contributed by atoms with Gasteiger partial charge in [0.25, 0.3) is 5.56 Å². The number of ether oxygens (including phenoxy) is 1. The molecule has 0 amide bonds. The van der Waals surface area contributed by atoms with E-state index in [9.17, 15) is 28.2 Å². The molecule has 2 aromatic rings. The van der Waals surface area contributed by atoms with Crippen LogP contribution < -0.4 is 5.56 Å². The van der Waals surface area contributed by atoms with E-state index in [1.54, 1.807) is 0 Å². The lowest BCUT2D eigenvalue weighted by Crippen LogP contribution is -2.25. The summed E-state index contributed by atoms with van der Waals surface area (Å²) in [5.74, 6) is -0.923. The zero-order valence-corrected chi connectivity index (χ0v) is 12.6. The third kappa shape index (κ3) is 2.81. The van der Waals surface area contributed by atoms with Crippen LogP contribution in [0, 0.1) is 6.92 Å². The van der Waals surface area contributed by atoms with Crippen LogP contribution in [-0.2, 0) is 10.9 Å². The molecule has 25 heavy (non-hydrogen) atoms. The van der Waals surface area contributed by atoms with E-state index in [0.717, 1.165) is 13.0 Å². The van der Waals surface area contributed by atoms with Crippen LogP contribution in [0.4, 0.5) is 13.2 Å². The molecule has 1 unspecified atom stereocenters. The number of aliphatic hydroxyl groups excluding tert-OH is 3. The highest BCUT2D eigenvalue weighted by Gasteiger charge is 2.39. The summed E-state index contributed by atoms with van der Waals surface area (Å²) >= 11 is 0. The highest BCUT2D eigenvalue weighted by Crippen LogP contribution is 2.34. The number of halogens is 3. The number of nitrogens with one attached hydrogen (secondary N) is 1. The van der Waals surface area contributed by atoms with Crippen molar-refractivity contribution in [2.75, 3.05) is 6.61 Å². The molecule has 0 aliphatic carbocycles. The Balaban J connectivity index is 2.11. The fraction of sp³-hybridized carbons (Fsp3) is 0.357. The number of fused-ring (bicyclic) bond motifs is 1. The van der Waals surface area contributed by atoms with Crippen LogP contribution >= 0.6 is 0 Å². The molecule has 1 aliphatic heterocycles. The van der Waals surface area contributed by atoms with Crippen molar-refractivity contribution in [2.45, 2.75) is 25.3 Å². The van der Waals surface area contributed by atoms with Gasteiger partial charge in [0.1, 0.15) is 12.1 Å². The van der Waals surface area contributed by atoms with Crippen molar-refractivity contribution in [1.82, 2.24) is 15.0 Å². The van der Waals surface area contributed by atoms with E-state index >= 15 is 0 Å². The van der Waals surface area contributed by atoms with Crippen LogP contribution in [0.5, 0.6) is 0 Å². The minimum Gasteiger partial charge on any atom is -0.506 e. The molecule has 0 saturated heterocycles. The van der Waals surface area contributed by atoms with Gasteiger partial charge in [0.2, 0.25) is 0 Å². The highest BCUT2D eigenvalue weighted by molar-refractivity contribution is 5.71. The molecule has 3 heterocycles. The van der Waals surface area contributed by atoms with Crippen molar-refractivity contribution in [3.05, 3.63) is 44.9 Å². The Morgan fingerprint density at radius 2 is 2.04 bits per heavy atom. The van der Waals surface area contributed by atoms with Crippen LogP contribution in [0.3, 0.4) is 0 Å². The van der Waals surface area contributed by atoms with Crippen molar-refractivity contribution in [1.29, 1.82) is 0 Å². The molecule has 1 aliphatic rings. The Bertz CT molecular complexity index is 938. The highest BCUT2D eigenvalue weighted by atomic mass is 19.4. The second kappa shape index (κ2) is 5.70. The average Bonchev–Trinajstić information content (AvgIpc) is 2.81. The monoisotopic (exact) mass is 359 g/mol. The summed E-state index contributed by atoms with van der Waals surface area (Å²) < 4.78 is 43.8. The first-order chi connectivity index (χ1) is 11.6. The smallest absolute Gasteiger partial charge is 0.435 e. The second-order valence-corrected chi connectivity index (χ2v) is 5.39. The third-order valence-electron chi connectivity index (χ3n) is 3.72. The number of aromatic nitrogens is 3. The Labute approximate surface area is 137 Å². The maximum absolute atomic E-state index is 12.9. The Hall–Kier alpha value is -2.66. The molecular weight excluding hydrogens is 347 g/mol. The molecule has 0 fully saturated rings. The van der Waals surface area contributed by atoms with Gasteiger partial charge in [0.15, 0.2) is 35.1 Å². The van der Waals surface area contributed by atoms with Crippen molar-refractivity contribution < 1.29 is 33.2 Å². The van der Waals surface area contributed by atoms with Gasteiger partial charge in [0.05, 0.1) is 11.3 Å². The van der Waals surface area contributed by atoms with E-state index in [1.807, 2.05) is 0 Å². The quantitative estimate of drug-likeness (QED) is 0.625. The fourth-order valence-corrected chi connectivity index (χ4v) is 2.54. The van der Waals surface area contributed by atoms with Crippen molar-refractivity contribution in [3.8, 4) is 0 Å². The normalized spacial score (nSPS) is 21.0. The van der Waals surface area contributed by atoms with Crippen LogP contribution in [0.15, 0.2) is 22.4 Å². The maximum atomic E-state index is 12.9. The zero-order chi connectivity index (χ0) is 18.5. The predicted octanol–water partition coefficient (Wildman–Crippen LogP) is 0.839. The van der Waals surface area contributed by atoms with Gasteiger partial charge in [-0.15, -0.1) is 0 Å². The van der Waals surface area contributed by atoms with Gasteiger partial charge < -0.3 is 25.0 Å². The van der Waals surface area contributed by atoms with Crippen LogP contribution in [0.25, 0.3) is 11.2 Å². The molecule has 134 valence electrons. The molecule has 0 radical (unpaired) electrons. The standard InChI is InChI=1S/C14H12F3N3O5/c1-4-11(14(15,16)17)19-12-6(18-4)2-5(13(24)20-12)10-9(23)8(22)7(3-21)25-10/h2,9-10,21-23H,3H2,1H3,(H,19,20,24)/t9?,10-/m0/s1. The first-order valence-corrected chi connectivity index (χ1v) is 6.99. The number of aliphatic hydroxyl groups is 3. The van der Waals surface area contributed by atoms with E-state index in [0.29, 0.717) is 0 Å². The van der Waals surface area contributed by atoms with Crippen LogP contribution in [-0.4, -0.2) is 43.0 Å². The topological polar surface area (TPSA) is 129 Å².